The highest BCUT2D eigenvalue weighted by molar-refractivity contribution is 6.35. The van der Waals surface area contributed by atoms with E-state index in [1.807, 2.05) is 12.1 Å². The number of halogens is 3. The van der Waals surface area contributed by atoms with Crippen molar-refractivity contribution in [3.8, 4) is 5.75 Å². The molecule has 1 unspecified atom stereocenters. The highest BCUT2D eigenvalue weighted by Crippen LogP contribution is 2.34. The standard InChI is InChI=1S/C20H13Cl3O3/c21-14-5-1-12(2-6-14)19(17-10-7-15(22)11-18(17)23)26-16-8-3-13(4-9-16)20(24)25/h1-11,19H,(H,24,25). The second-order valence-corrected chi connectivity index (χ2v) is 6.82. The Labute approximate surface area is 165 Å². The predicted octanol–water partition coefficient (Wildman–Crippen LogP) is 6.51. The average molecular weight is 408 g/mol. The van der Waals surface area contributed by atoms with Gasteiger partial charge in [0.25, 0.3) is 0 Å². The van der Waals surface area contributed by atoms with E-state index in [4.69, 9.17) is 44.6 Å². The van der Waals surface area contributed by atoms with E-state index in [0.29, 0.717) is 20.8 Å². The van der Waals surface area contributed by atoms with Crippen molar-refractivity contribution in [1.29, 1.82) is 0 Å². The Balaban J connectivity index is 1.99. The zero-order chi connectivity index (χ0) is 18.7. The Morgan fingerprint density at radius 2 is 1.46 bits per heavy atom. The van der Waals surface area contributed by atoms with Crippen LogP contribution in [0.1, 0.15) is 27.6 Å². The summed E-state index contributed by atoms with van der Waals surface area (Å²) >= 11 is 18.3. The molecule has 0 bridgehead atoms. The molecule has 0 saturated heterocycles. The number of carbonyl (C=O) groups is 1. The maximum Gasteiger partial charge on any atom is 0.335 e. The molecular formula is C20H13Cl3O3. The fourth-order valence-electron chi connectivity index (χ4n) is 2.47. The number of rotatable bonds is 5. The maximum atomic E-state index is 11.0. The zero-order valence-corrected chi connectivity index (χ0v) is 15.6. The van der Waals surface area contributed by atoms with Gasteiger partial charge in [-0.2, -0.15) is 0 Å². The van der Waals surface area contributed by atoms with Crippen LogP contribution >= 0.6 is 34.8 Å². The number of ether oxygens (including phenoxy) is 1. The normalized spacial score (nSPS) is 11.8. The van der Waals surface area contributed by atoms with E-state index in [1.54, 1.807) is 42.5 Å². The van der Waals surface area contributed by atoms with E-state index in [1.165, 1.54) is 12.1 Å². The molecule has 132 valence electrons. The van der Waals surface area contributed by atoms with Crippen LogP contribution in [0.2, 0.25) is 15.1 Å². The van der Waals surface area contributed by atoms with E-state index in [9.17, 15) is 4.79 Å². The first kappa shape index (κ1) is 18.6. The summed E-state index contributed by atoms with van der Waals surface area (Å²) in [6, 6.07) is 18.6. The maximum absolute atomic E-state index is 11.0. The van der Waals surface area contributed by atoms with Crippen LogP contribution in [0.15, 0.2) is 66.7 Å². The Morgan fingerprint density at radius 1 is 0.846 bits per heavy atom. The molecule has 6 heteroatoms. The van der Waals surface area contributed by atoms with E-state index in [2.05, 4.69) is 0 Å². The molecule has 0 aliphatic heterocycles. The summed E-state index contributed by atoms with van der Waals surface area (Å²) < 4.78 is 6.12. The van der Waals surface area contributed by atoms with Crippen LogP contribution in [-0.4, -0.2) is 11.1 Å². The van der Waals surface area contributed by atoms with Crippen LogP contribution in [0.3, 0.4) is 0 Å². The third-order valence-corrected chi connectivity index (χ3v) is 4.59. The zero-order valence-electron chi connectivity index (χ0n) is 13.3. The molecule has 0 amide bonds. The van der Waals surface area contributed by atoms with Gasteiger partial charge < -0.3 is 9.84 Å². The molecule has 3 nitrogen and oxygen atoms in total. The van der Waals surface area contributed by atoms with E-state index in [-0.39, 0.29) is 5.56 Å². The summed E-state index contributed by atoms with van der Waals surface area (Å²) in [5.74, 6) is -0.479. The van der Waals surface area contributed by atoms with E-state index >= 15 is 0 Å². The molecule has 3 rings (SSSR count). The van der Waals surface area contributed by atoms with Gasteiger partial charge in [-0.05, 0) is 54.1 Å². The van der Waals surface area contributed by atoms with Gasteiger partial charge in [0.05, 0.1) is 5.56 Å². The number of aromatic carboxylic acids is 1. The smallest absolute Gasteiger partial charge is 0.335 e. The quantitative estimate of drug-likeness (QED) is 0.524. The largest absolute Gasteiger partial charge is 0.481 e. The lowest BCUT2D eigenvalue weighted by Crippen LogP contribution is -2.10. The predicted molar refractivity (Wildman–Crippen MR) is 104 cm³/mol. The van der Waals surface area contributed by atoms with Crippen LogP contribution < -0.4 is 4.74 Å². The van der Waals surface area contributed by atoms with Gasteiger partial charge in [-0.15, -0.1) is 0 Å². The van der Waals surface area contributed by atoms with Crippen molar-refractivity contribution >= 4 is 40.8 Å². The van der Waals surface area contributed by atoms with Crippen molar-refractivity contribution in [3.63, 3.8) is 0 Å². The van der Waals surface area contributed by atoms with Gasteiger partial charge in [-0.3, -0.25) is 0 Å². The first-order valence-electron chi connectivity index (χ1n) is 7.64. The van der Waals surface area contributed by atoms with Crippen LogP contribution in [0.5, 0.6) is 5.75 Å². The Morgan fingerprint density at radius 3 is 2.04 bits per heavy atom. The Hall–Kier alpha value is -2.20. The van der Waals surface area contributed by atoms with Crippen LogP contribution in [0, 0.1) is 0 Å². The fourth-order valence-corrected chi connectivity index (χ4v) is 3.11. The van der Waals surface area contributed by atoms with Gasteiger partial charge in [0.2, 0.25) is 0 Å². The molecule has 3 aromatic carbocycles. The molecule has 1 atom stereocenters. The van der Waals surface area contributed by atoms with Crippen LogP contribution in [0.25, 0.3) is 0 Å². The summed E-state index contributed by atoms with van der Waals surface area (Å²) in [4.78, 5) is 11.0. The highest BCUT2D eigenvalue weighted by Gasteiger charge is 2.20. The molecule has 0 radical (unpaired) electrons. The molecule has 26 heavy (non-hydrogen) atoms. The topological polar surface area (TPSA) is 46.5 Å². The van der Waals surface area contributed by atoms with Gasteiger partial charge in [0.1, 0.15) is 5.75 Å². The van der Waals surface area contributed by atoms with E-state index < -0.39 is 12.1 Å². The monoisotopic (exact) mass is 406 g/mol. The van der Waals surface area contributed by atoms with Gasteiger partial charge in [-0.1, -0.05) is 53.0 Å². The first-order chi connectivity index (χ1) is 12.4. The van der Waals surface area contributed by atoms with Gasteiger partial charge in [-0.25, -0.2) is 4.79 Å². The lowest BCUT2D eigenvalue weighted by molar-refractivity contribution is 0.0697. The molecule has 1 N–H and O–H groups in total. The summed E-state index contributed by atoms with van der Waals surface area (Å²) in [7, 11) is 0. The minimum absolute atomic E-state index is 0.185. The number of carboxylic acid groups (broad SMARTS) is 1. The number of carboxylic acids is 1. The van der Waals surface area contributed by atoms with E-state index in [0.717, 1.165) is 11.1 Å². The number of hydrogen-bond acceptors (Lipinski definition) is 2. The summed E-state index contributed by atoms with van der Waals surface area (Å²) in [6.07, 6.45) is -0.507. The van der Waals surface area contributed by atoms with Crippen molar-refractivity contribution in [2.45, 2.75) is 6.10 Å². The molecular weight excluding hydrogens is 395 g/mol. The SMILES string of the molecule is O=C(O)c1ccc(OC(c2ccc(Cl)cc2)c2ccc(Cl)cc2Cl)cc1. The van der Waals surface area contributed by atoms with Crippen molar-refractivity contribution in [3.05, 3.63) is 98.5 Å². The number of hydrogen-bond donors (Lipinski definition) is 1. The summed E-state index contributed by atoms with van der Waals surface area (Å²) in [5.41, 5.74) is 1.77. The second kappa shape index (κ2) is 8.00. The third-order valence-electron chi connectivity index (χ3n) is 3.77. The second-order valence-electron chi connectivity index (χ2n) is 5.54. The van der Waals surface area contributed by atoms with Crippen LogP contribution in [-0.2, 0) is 0 Å². The van der Waals surface area contributed by atoms with Gasteiger partial charge in [0.15, 0.2) is 6.10 Å². The van der Waals surface area contributed by atoms with Crippen LogP contribution in [0.4, 0.5) is 0 Å². The molecule has 0 fully saturated rings. The minimum Gasteiger partial charge on any atom is -0.481 e. The molecule has 0 aromatic heterocycles. The Kier molecular flexibility index (Phi) is 5.72. The molecule has 0 saturated carbocycles. The highest BCUT2D eigenvalue weighted by atomic mass is 35.5. The van der Waals surface area contributed by atoms with Crippen molar-refractivity contribution in [2.24, 2.45) is 0 Å². The van der Waals surface area contributed by atoms with Gasteiger partial charge in [0, 0.05) is 20.6 Å². The van der Waals surface area contributed by atoms with Gasteiger partial charge >= 0.3 is 5.97 Å². The summed E-state index contributed by atoms with van der Waals surface area (Å²) in [5, 5.41) is 10.6. The first-order valence-corrected chi connectivity index (χ1v) is 8.78. The lowest BCUT2D eigenvalue weighted by atomic mass is 10.0. The molecule has 0 spiro atoms. The van der Waals surface area contributed by atoms with Crippen molar-refractivity contribution in [2.75, 3.05) is 0 Å². The summed E-state index contributed by atoms with van der Waals surface area (Å²) in [6.45, 7) is 0. The lowest BCUT2D eigenvalue weighted by Gasteiger charge is -2.21. The molecule has 3 aromatic rings. The molecule has 0 aliphatic carbocycles. The Bertz CT molecular complexity index is 922. The third kappa shape index (κ3) is 4.31. The minimum atomic E-state index is -0.994. The van der Waals surface area contributed by atoms with Crippen molar-refractivity contribution in [1.82, 2.24) is 0 Å². The fraction of sp³-hybridized carbons (Fsp3) is 0.0500. The molecule has 0 aliphatic rings. The number of benzene rings is 3. The average Bonchev–Trinajstić information content (AvgIpc) is 2.61. The molecule has 0 heterocycles. The van der Waals surface area contributed by atoms with Crippen molar-refractivity contribution < 1.29 is 14.6 Å².